The number of nitrogens with one attached hydrogen (secondary N) is 2. The summed E-state index contributed by atoms with van der Waals surface area (Å²) in [6.45, 7) is 0. The molecule has 3 rings (SSSR count). The molecule has 0 aromatic heterocycles. The van der Waals surface area contributed by atoms with Crippen LogP contribution in [0.2, 0.25) is 5.02 Å². The first-order valence-electron chi connectivity index (χ1n) is 9.62. The molecule has 8 nitrogen and oxygen atoms in total. The molecular formula is C21H21ClN4O4. The Balaban J connectivity index is 1.57. The van der Waals surface area contributed by atoms with E-state index in [0.29, 0.717) is 16.8 Å². The molecule has 0 aliphatic heterocycles. The smallest absolute Gasteiger partial charge is 0.271 e. The number of nitrogens with zero attached hydrogens (tertiary/aromatic N) is 2. The topological polar surface area (TPSA) is 114 Å². The number of rotatable bonds is 6. The molecule has 0 spiro atoms. The van der Waals surface area contributed by atoms with Gasteiger partial charge in [0.15, 0.2) is 0 Å². The summed E-state index contributed by atoms with van der Waals surface area (Å²) in [5.41, 5.74) is 3.52. The van der Waals surface area contributed by atoms with Crippen molar-refractivity contribution in [2.45, 2.75) is 32.1 Å². The zero-order chi connectivity index (χ0) is 21.5. The molecule has 1 saturated carbocycles. The maximum absolute atomic E-state index is 12.3. The van der Waals surface area contributed by atoms with Gasteiger partial charge in [0.2, 0.25) is 5.91 Å². The second-order valence-corrected chi connectivity index (χ2v) is 7.47. The molecule has 2 amide bonds. The quantitative estimate of drug-likeness (QED) is 0.399. The van der Waals surface area contributed by atoms with E-state index in [9.17, 15) is 19.7 Å². The van der Waals surface area contributed by atoms with Crippen LogP contribution in [0.25, 0.3) is 0 Å². The Morgan fingerprint density at radius 3 is 2.47 bits per heavy atom. The molecule has 0 radical (unpaired) electrons. The summed E-state index contributed by atoms with van der Waals surface area (Å²) in [6, 6.07) is 10.4. The van der Waals surface area contributed by atoms with E-state index < -0.39 is 10.8 Å². The number of non-ortho nitro benzene ring substituents is 1. The van der Waals surface area contributed by atoms with E-state index in [-0.39, 0.29) is 22.5 Å². The highest BCUT2D eigenvalue weighted by molar-refractivity contribution is 6.33. The summed E-state index contributed by atoms with van der Waals surface area (Å²) in [5.74, 6) is -0.389. The molecule has 156 valence electrons. The lowest BCUT2D eigenvalue weighted by Crippen LogP contribution is -2.24. The predicted molar refractivity (Wildman–Crippen MR) is 115 cm³/mol. The van der Waals surface area contributed by atoms with Crippen molar-refractivity contribution < 1.29 is 14.5 Å². The van der Waals surface area contributed by atoms with Gasteiger partial charge >= 0.3 is 0 Å². The molecule has 0 atom stereocenters. The van der Waals surface area contributed by atoms with Crippen LogP contribution < -0.4 is 10.7 Å². The number of hydrazone groups is 1. The molecule has 2 N–H and O–H groups in total. The Hall–Kier alpha value is -3.26. The van der Waals surface area contributed by atoms with E-state index in [2.05, 4.69) is 15.8 Å². The number of carbonyl (C=O) groups is 2. The van der Waals surface area contributed by atoms with E-state index in [1.165, 1.54) is 30.8 Å². The fourth-order valence-electron chi connectivity index (χ4n) is 3.28. The first kappa shape index (κ1) is 21.4. The number of nitro benzene ring substituents is 1. The van der Waals surface area contributed by atoms with Crippen LogP contribution in [0.5, 0.6) is 0 Å². The third-order valence-electron chi connectivity index (χ3n) is 4.95. The fraction of sp³-hybridized carbons (Fsp3) is 0.286. The van der Waals surface area contributed by atoms with Crippen LogP contribution in [-0.4, -0.2) is 23.0 Å². The Morgan fingerprint density at radius 1 is 1.10 bits per heavy atom. The lowest BCUT2D eigenvalue weighted by atomic mass is 9.88. The molecule has 2 aromatic rings. The molecule has 2 aromatic carbocycles. The fourth-order valence-corrected chi connectivity index (χ4v) is 3.45. The van der Waals surface area contributed by atoms with Crippen molar-refractivity contribution >= 4 is 41.0 Å². The highest BCUT2D eigenvalue weighted by Crippen LogP contribution is 2.25. The second-order valence-electron chi connectivity index (χ2n) is 7.06. The van der Waals surface area contributed by atoms with Crippen LogP contribution in [0.3, 0.4) is 0 Å². The van der Waals surface area contributed by atoms with Crippen molar-refractivity contribution in [2.75, 3.05) is 5.32 Å². The van der Waals surface area contributed by atoms with E-state index in [0.717, 1.165) is 25.7 Å². The van der Waals surface area contributed by atoms with E-state index in [1.54, 1.807) is 24.3 Å². The largest absolute Gasteiger partial charge is 0.326 e. The first-order valence-corrected chi connectivity index (χ1v) is 10.00. The summed E-state index contributed by atoms with van der Waals surface area (Å²) in [5, 5.41) is 17.8. The van der Waals surface area contributed by atoms with Crippen molar-refractivity contribution in [1.29, 1.82) is 0 Å². The van der Waals surface area contributed by atoms with Crippen molar-refractivity contribution in [3.8, 4) is 0 Å². The van der Waals surface area contributed by atoms with Gasteiger partial charge < -0.3 is 5.32 Å². The average Bonchev–Trinajstić information content (AvgIpc) is 2.76. The molecule has 1 fully saturated rings. The van der Waals surface area contributed by atoms with Crippen LogP contribution in [0.15, 0.2) is 47.6 Å². The summed E-state index contributed by atoms with van der Waals surface area (Å²) in [6.07, 6.45) is 6.42. The number of hydrogen-bond donors (Lipinski definition) is 2. The molecule has 9 heteroatoms. The number of anilines is 1. The van der Waals surface area contributed by atoms with Gasteiger partial charge in [0.05, 0.1) is 11.1 Å². The Kier molecular flexibility index (Phi) is 7.13. The van der Waals surface area contributed by atoms with Crippen molar-refractivity contribution in [3.05, 3.63) is 68.7 Å². The number of nitro groups is 1. The monoisotopic (exact) mass is 428 g/mol. The molecule has 0 bridgehead atoms. The van der Waals surface area contributed by atoms with Crippen LogP contribution in [-0.2, 0) is 4.79 Å². The standard InChI is InChI=1S/C21H21ClN4O4/c22-19-11-10-18(26(29)30)12-16(19)13-23-25-21(28)15-6-8-17(9-7-15)24-20(27)14-4-2-1-3-5-14/h6-14H,1-5H2,(H,24,27)(H,25,28)/b23-13+. The lowest BCUT2D eigenvalue weighted by molar-refractivity contribution is -0.384. The lowest BCUT2D eigenvalue weighted by Gasteiger charge is -2.20. The van der Waals surface area contributed by atoms with Gasteiger partial charge in [-0.2, -0.15) is 5.10 Å². The van der Waals surface area contributed by atoms with Gasteiger partial charge in [0, 0.05) is 39.9 Å². The van der Waals surface area contributed by atoms with Crippen LogP contribution in [0.4, 0.5) is 11.4 Å². The van der Waals surface area contributed by atoms with E-state index >= 15 is 0 Å². The number of halogens is 1. The SMILES string of the molecule is O=C(N/N=C/c1cc([N+](=O)[O-])ccc1Cl)c1ccc(NC(=O)C2CCCCC2)cc1. The molecule has 30 heavy (non-hydrogen) atoms. The minimum atomic E-state index is -0.541. The van der Waals surface area contributed by atoms with Crippen LogP contribution >= 0.6 is 11.6 Å². The number of benzene rings is 2. The third-order valence-corrected chi connectivity index (χ3v) is 5.29. The predicted octanol–water partition coefficient (Wildman–Crippen LogP) is 4.53. The Labute approximate surface area is 178 Å². The highest BCUT2D eigenvalue weighted by Gasteiger charge is 2.21. The van der Waals surface area contributed by atoms with Crippen molar-refractivity contribution in [3.63, 3.8) is 0 Å². The maximum atomic E-state index is 12.3. The van der Waals surface area contributed by atoms with Gasteiger partial charge in [-0.1, -0.05) is 30.9 Å². The minimum Gasteiger partial charge on any atom is -0.326 e. The molecular weight excluding hydrogens is 408 g/mol. The van der Waals surface area contributed by atoms with Crippen LogP contribution in [0, 0.1) is 16.0 Å². The average molecular weight is 429 g/mol. The van der Waals surface area contributed by atoms with E-state index in [1.807, 2.05) is 0 Å². The van der Waals surface area contributed by atoms with Gasteiger partial charge in [-0.25, -0.2) is 5.43 Å². The van der Waals surface area contributed by atoms with Gasteiger partial charge in [-0.15, -0.1) is 0 Å². The van der Waals surface area contributed by atoms with Gasteiger partial charge in [0.25, 0.3) is 11.6 Å². The van der Waals surface area contributed by atoms with Gasteiger partial charge in [0.1, 0.15) is 0 Å². The van der Waals surface area contributed by atoms with Crippen LogP contribution in [0.1, 0.15) is 48.0 Å². The second kappa shape index (κ2) is 9.98. The third kappa shape index (κ3) is 5.64. The van der Waals surface area contributed by atoms with Crippen molar-refractivity contribution in [2.24, 2.45) is 11.0 Å². The minimum absolute atomic E-state index is 0.0188. The summed E-state index contributed by atoms with van der Waals surface area (Å²) < 4.78 is 0. The Bertz CT molecular complexity index is 969. The van der Waals surface area contributed by atoms with Gasteiger partial charge in [-0.3, -0.25) is 19.7 Å². The van der Waals surface area contributed by atoms with E-state index in [4.69, 9.17) is 11.6 Å². The zero-order valence-corrected chi connectivity index (χ0v) is 16.9. The normalized spacial score (nSPS) is 14.4. The molecule has 0 heterocycles. The number of hydrogen-bond acceptors (Lipinski definition) is 5. The summed E-state index contributed by atoms with van der Waals surface area (Å²) in [4.78, 5) is 34.8. The highest BCUT2D eigenvalue weighted by atomic mass is 35.5. The van der Waals surface area contributed by atoms with Crippen molar-refractivity contribution in [1.82, 2.24) is 5.43 Å². The Morgan fingerprint density at radius 2 is 1.80 bits per heavy atom. The number of carbonyl (C=O) groups excluding carboxylic acids is 2. The zero-order valence-electron chi connectivity index (χ0n) is 16.1. The molecule has 0 saturated heterocycles. The molecule has 1 aliphatic rings. The summed E-state index contributed by atoms with van der Waals surface area (Å²) in [7, 11) is 0. The molecule has 0 unspecified atom stereocenters. The van der Waals surface area contributed by atoms with Gasteiger partial charge in [-0.05, 0) is 43.2 Å². The summed E-state index contributed by atoms with van der Waals surface area (Å²) >= 11 is 5.99. The molecule has 1 aliphatic carbocycles. The number of amides is 2. The first-order chi connectivity index (χ1) is 14.4. The maximum Gasteiger partial charge on any atom is 0.271 e.